The van der Waals surface area contributed by atoms with Crippen molar-refractivity contribution >= 4 is 29.3 Å². The molecule has 1 aliphatic heterocycles. The molecule has 0 unspecified atom stereocenters. The van der Waals surface area contributed by atoms with Crippen molar-refractivity contribution in [3.63, 3.8) is 0 Å². The van der Waals surface area contributed by atoms with Crippen LogP contribution in [-0.4, -0.2) is 59.7 Å². The SMILES string of the molecule is CC(C)NC(=O)C(=O)N1CCN(C(=O)CCc2cccc(Cl)c2)CC1. The smallest absolute Gasteiger partial charge is 0.312 e. The Kier molecular flexibility index (Phi) is 6.82. The molecule has 0 saturated carbocycles. The Bertz CT molecular complexity index is 640. The van der Waals surface area contributed by atoms with Crippen LogP contribution in [-0.2, 0) is 20.8 Å². The van der Waals surface area contributed by atoms with Gasteiger partial charge in [-0.05, 0) is 38.0 Å². The van der Waals surface area contributed by atoms with E-state index in [-0.39, 0.29) is 11.9 Å². The van der Waals surface area contributed by atoms with Crippen LogP contribution in [0.5, 0.6) is 0 Å². The van der Waals surface area contributed by atoms with E-state index in [0.29, 0.717) is 44.0 Å². The summed E-state index contributed by atoms with van der Waals surface area (Å²) in [5, 5.41) is 3.26. The third-order valence-corrected chi connectivity index (χ3v) is 4.29. The monoisotopic (exact) mass is 365 g/mol. The molecule has 1 N–H and O–H groups in total. The molecule has 7 heteroatoms. The van der Waals surface area contributed by atoms with Gasteiger partial charge in [0.2, 0.25) is 5.91 Å². The van der Waals surface area contributed by atoms with E-state index in [1.165, 1.54) is 4.90 Å². The van der Waals surface area contributed by atoms with Gasteiger partial charge in [-0.1, -0.05) is 23.7 Å². The molecule has 0 radical (unpaired) electrons. The van der Waals surface area contributed by atoms with Crippen molar-refractivity contribution in [3.05, 3.63) is 34.9 Å². The maximum absolute atomic E-state index is 12.3. The van der Waals surface area contributed by atoms with Crippen molar-refractivity contribution in [1.29, 1.82) is 0 Å². The molecular formula is C18H24ClN3O3. The second kappa shape index (κ2) is 8.85. The van der Waals surface area contributed by atoms with E-state index in [2.05, 4.69) is 5.32 Å². The number of hydrogen-bond acceptors (Lipinski definition) is 3. The first-order valence-electron chi connectivity index (χ1n) is 8.49. The molecule has 0 spiro atoms. The summed E-state index contributed by atoms with van der Waals surface area (Å²) < 4.78 is 0. The van der Waals surface area contributed by atoms with Crippen LogP contribution < -0.4 is 5.32 Å². The topological polar surface area (TPSA) is 69.7 Å². The zero-order valence-electron chi connectivity index (χ0n) is 14.6. The lowest BCUT2D eigenvalue weighted by molar-refractivity contribution is -0.148. The highest BCUT2D eigenvalue weighted by atomic mass is 35.5. The molecule has 6 nitrogen and oxygen atoms in total. The molecule has 1 heterocycles. The fourth-order valence-electron chi connectivity index (χ4n) is 2.73. The Morgan fingerprint density at radius 1 is 1.12 bits per heavy atom. The molecule has 1 saturated heterocycles. The van der Waals surface area contributed by atoms with Crippen LogP contribution in [0.25, 0.3) is 0 Å². The minimum atomic E-state index is -0.587. The van der Waals surface area contributed by atoms with Crippen molar-refractivity contribution in [2.45, 2.75) is 32.7 Å². The quantitative estimate of drug-likeness (QED) is 0.821. The number of hydrogen-bond donors (Lipinski definition) is 1. The number of halogens is 1. The highest BCUT2D eigenvalue weighted by molar-refractivity contribution is 6.35. The fraction of sp³-hybridized carbons (Fsp3) is 0.500. The minimum absolute atomic E-state index is 0.0544. The molecule has 0 aliphatic carbocycles. The molecular weight excluding hydrogens is 342 g/mol. The average Bonchev–Trinajstić information content (AvgIpc) is 2.58. The van der Waals surface area contributed by atoms with Gasteiger partial charge in [-0.2, -0.15) is 0 Å². The summed E-state index contributed by atoms with van der Waals surface area (Å²) in [4.78, 5) is 39.4. The lowest BCUT2D eigenvalue weighted by Gasteiger charge is -2.34. The number of nitrogens with one attached hydrogen (secondary N) is 1. The van der Waals surface area contributed by atoms with E-state index >= 15 is 0 Å². The van der Waals surface area contributed by atoms with Crippen LogP contribution in [0.4, 0.5) is 0 Å². The zero-order chi connectivity index (χ0) is 18.4. The Morgan fingerprint density at radius 3 is 2.36 bits per heavy atom. The van der Waals surface area contributed by atoms with Crippen molar-refractivity contribution < 1.29 is 14.4 Å². The third kappa shape index (κ3) is 5.74. The number of amides is 3. The van der Waals surface area contributed by atoms with Gasteiger partial charge in [-0.25, -0.2) is 0 Å². The Labute approximate surface area is 153 Å². The number of carbonyl (C=O) groups is 3. The van der Waals surface area contributed by atoms with Gasteiger partial charge < -0.3 is 15.1 Å². The Morgan fingerprint density at radius 2 is 1.76 bits per heavy atom. The molecule has 1 aromatic carbocycles. The molecule has 0 bridgehead atoms. The summed E-state index contributed by atoms with van der Waals surface area (Å²) in [5.41, 5.74) is 1.03. The van der Waals surface area contributed by atoms with Crippen molar-refractivity contribution in [3.8, 4) is 0 Å². The fourth-order valence-corrected chi connectivity index (χ4v) is 2.94. The van der Waals surface area contributed by atoms with Crippen LogP contribution in [0.15, 0.2) is 24.3 Å². The number of carbonyl (C=O) groups excluding carboxylic acids is 3. The molecule has 2 rings (SSSR count). The van der Waals surface area contributed by atoms with E-state index in [9.17, 15) is 14.4 Å². The van der Waals surface area contributed by atoms with Crippen LogP contribution >= 0.6 is 11.6 Å². The summed E-state index contributed by atoms with van der Waals surface area (Å²) in [5.74, 6) is -1.06. The van der Waals surface area contributed by atoms with Gasteiger partial charge in [-0.15, -0.1) is 0 Å². The van der Waals surface area contributed by atoms with Crippen molar-refractivity contribution in [1.82, 2.24) is 15.1 Å². The van der Waals surface area contributed by atoms with E-state index in [1.54, 1.807) is 11.0 Å². The molecule has 1 fully saturated rings. The van der Waals surface area contributed by atoms with Crippen molar-refractivity contribution in [2.24, 2.45) is 0 Å². The van der Waals surface area contributed by atoms with E-state index < -0.39 is 11.8 Å². The minimum Gasteiger partial charge on any atom is -0.346 e. The van der Waals surface area contributed by atoms with Gasteiger partial charge in [0.15, 0.2) is 0 Å². The largest absolute Gasteiger partial charge is 0.346 e. The Hall–Kier alpha value is -2.08. The first kappa shape index (κ1) is 19.2. The molecule has 25 heavy (non-hydrogen) atoms. The summed E-state index contributed by atoms with van der Waals surface area (Å²) >= 11 is 5.95. The summed E-state index contributed by atoms with van der Waals surface area (Å²) in [6.07, 6.45) is 1.04. The van der Waals surface area contributed by atoms with Gasteiger partial charge >= 0.3 is 11.8 Å². The second-order valence-electron chi connectivity index (χ2n) is 6.43. The van der Waals surface area contributed by atoms with Crippen LogP contribution in [0, 0.1) is 0 Å². The normalized spacial score (nSPS) is 14.6. The number of piperazine rings is 1. The standard InChI is InChI=1S/C18H24ClN3O3/c1-13(2)20-17(24)18(25)22-10-8-21(9-11-22)16(23)7-6-14-4-3-5-15(19)12-14/h3-5,12-13H,6-11H2,1-2H3,(H,20,24). The number of benzene rings is 1. The predicted octanol–water partition coefficient (Wildman–Crippen LogP) is 1.47. The first-order valence-corrected chi connectivity index (χ1v) is 8.86. The number of aryl methyl sites for hydroxylation is 1. The molecule has 1 aromatic rings. The number of rotatable bonds is 4. The van der Waals surface area contributed by atoms with Crippen LogP contribution in [0.1, 0.15) is 25.8 Å². The lowest BCUT2D eigenvalue weighted by atomic mass is 10.1. The van der Waals surface area contributed by atoms with E-state index in [4.69, 9.17) is 11.6 Å². The highest BCUT2D eigenvalue weighted by Gasteiger charge is 2.27. The summed E-state index contributed by atoms with van der Waals surface area (Å²) in [6.45, 7) is 5.29. The van der Waals surface area contributed by atoms with E-state index in [0.717, 1.165) is 5.56 Å². The Balaban J connectivity index is 1.78. The lowest BCUT2D eigenvalue weighted by Crippen LogP contribution is -2.54. The molecule has 0 aromatic heterocycles. The zero-order valence-corrected chi connectivity index (χ0v) is 15.4. The van der Waals surface area contributed by atoms with Gasteiger partial charge in [0.25, 0.3) is 0 Å². The second-order valence-corrected chi connectivity index (χ2v) is 6.87. The van der Waals surface area contributed by atoms with Crippen molar-refractivity contribution in [2.75, 3.05) is 26.2 Å². The van der Waals surface area contributed by atoms with Gasteiger partial charge in [0, 0.05) is 43.7 Å². The maximum atomic E-state index is 12.3. The van der Waals surface area contributed by atoms with Gasteiger partial charge in [0.05, 0.1) is 0 Å². The maximum Gasteiger partial charge on any atom is 0.312 e. The molecule has 0 atom stereocenters. The van der Waals surface area contributed by atoms with Crippen LogP contribution in [0.3, 0.4) is 0 Å². The molecule has 136 valence electrons. The van der Waals surface area contributed by atoms with Gasteiger partial charge in [0.1, 0.15) is 0 Å². The molecule has 1 aliphatic rings. The predicted molar refractivity (Wildman–Crippen MR) is 96.2 cm³/mol. The highest BCUT2D eigenvalue weighted by Crippen LogP contribution is 2.13. The third-order valence-electron chi connectivity index (χ3n) is 4.05. The first-order chi connectivity index (χ1) is 11.9. The van der Waals surface area contributed by atoms with Crippen LogP contribution in [0.2, 0.25) is 5.02 Å². The summed E-state index contributed by atoms with van der Waals surface area (Å²) in [6, 6.07) is 7.40. The summed E-state index contributed by atoms with van der Waals surface area (Å²) in [7, 11) is 0. The number of nitrogens with zero attached hydrogens (tertiary/aromatic N) is 2. The average molecular weight is 366 g/mol. The molecule has 3 amide bonds. The van der Waals surface area contributed by atoms with Gasteiger partial charge in [-0.3, -0.25) is 14.4 Å². The van der Waals surface area contributed by atoms with E-state index in [1.807, 2.05) is 32.0 Å².